The number of carbonyl (C=O) groups is 1. The van der Waals surface area contributed by atoms with Crippen LogP contribution >= 0.6 is 12.4 Å². The molecule has 1 heterocycles. The lowest BCUT2D eigenvalue weighted by atomic mass is 9.86. The van der Waals surface area contributed by atoms with Gasteiger partial charge in [-0.3, -0.25) is 4.79 Å². The Labute approximate surface area is 126 Å². The van der Waals surface area contributed by atoms with Crippen LogP contribution in [0.25, 0.3) is 0 Å². The van der Waals surface area contributed by atoms with Gasteiger partial charge >= 0.3 is 0 Å². The van der Waals surface area contributed by atoms with Crippen LogP contribution in [0.15, 0.2) is 16.7 Å². The molecule has 0 unspecified atom stereocenters. The number of nitrogens with two attached hydrogens (primary N) is 1. The molecule has 0 spiro atoms. The van der Waals surface area contributed by atoms with E-state index >= 15 is 0 Å². The molecule has 2 rings (SSSR count). The Hall–Kier alpha value is -1.00. The highest BCUT2D eigenvalue weighted by Crippen LogP contribution is 2.26. The van der Waals surface area contributed by atoms with Gasteiger partial charge in [0.1, 0.15) is 12.0 Å². The third-order valence-corrected chi connectivity index (χ3v) is 3.92. The first kappa shape index (κ1) is 17.1. The average molecular weight is 301 g/mol. The van der Waals surface area contributed by atoms with E-state index in [2.05, 4.69) is 5.32 Å². The molecule has 0 aromatic carbocycles. The maximum atomic E-state index is 11.8. The summed E-state index contributed by atoms with van der Waals surface area (Å²) in [5.41, 5.74) is 6.01. The van der Waals surface area contributed by atoms with Crippen LogP contribution in [0.2, 0.25) is 0 Å². The molecule has 5 heteroatoms. The smallest absolute Gasteiger partial charge is 0.254 e. The molecule has 0 radical (unpaired) electrons. The summed E-state index contributed by atoms with van der Waals surface area (Å²) >= 11 is 0. The Morgan fingerprint density at radius 2 is 2.10 bits per heavy atom. The van der Waals surface area contributed by atoms with E-state index in [0.717, 1.165) is 18.9 Å². The zero-order valence-electron chi connectivity index (χ0n) is 11.9. The number of amides is 1. The van der Waals surface area contributed by atoms with Gasteiger partial charge in [-0.2, -0.15) is 0 Å². The first-order chi connectivity index (χ1) is 9.29. The molecule has 3 N–H and O–H groups in total. The average Bonchev–Trinajstić information content (AvgIpc) is 2.93. The maximum absolute atomic E-state index is 11.8. The Bertz CT molecular complexity index is 400. The van der Waals surface area contributed by atoms with Gasteiger partial charge in [0.15, 0.2) is 0 Å². The second-order valence-electron chi connectivity index (χ2n) is 5.41. The molecule has 0 aliphatic heterocycles. The van der Waals surface area contributed by atoms with E-state index in [9.17, 15) is 4.79 Å². The van der Waals surface area contributed by atoms with Crippen molar-refractivity contribution in [1.82, 2.24) is 5.32 Å². The van der Waals surface area contributed by atoms with E-state index in [0.29, 0.717) is 17.9 Å². The monoisotopic (exact) mass is 300 g/mol. The van der Waals surface area contributed by atoms with Gasteiger partial charge in [-0.05, 0) is 24.8 Å². The quantitative estimate of drug-likeness (QED) is 0.792. The summed E-state index contributed by atoms with van der Waals surface area (Å²) in [6, 6.07) is 1.70. The molecule has 4 nitrogen and oxygen atoms in total. The van der Waals surface area contributed by atoms with Crippen molar-refractivity contribution in [3.05, 3.63) is 23.7 Å². The molecule has 1 aliphatic rings. The van der Waals surface area contributed by atoms with E-state index in [1.807, 2.05) is 0 Å². The summed E-state index contributed by atoms with van der Waals surface area (Å²) in [4.78, 5) is 11.8. The topological polar surface area (TPSA) is 68.3 Å². The van der Waals surface area contributed by atoms with Gasteiger partial charge in [0, 0.05) is 6.54 Å². The molecule has 1 fully saturated rings. The number of rotatable bonds is 6. The van der Waals surface area contributed by atoms with Crippen molar-refractivity contribution in [2.75, 3.05) is 6.54 Å². The molecule has 0 bridgehead atoms. The van der Waals surface area contributed by atoms with E-state index < -0.39 is 0 Å². The Morgan fingerprint density at radius 3 is 2.75 bits per heavy atom. The van der Waals surface area contributed by atoms with Crippen molar-refractivity contribution < 1.29 is 9.21 Å². The van der Waals surface area contributed by atoms with Gasteiger partial charge in [0.2, 0.25) is 0 Å². The van der Waals surface area contributed by atoms with Crippen molar-refractivity contribution in [3.63, 3.8) is 0 Å². The van der Waals surface area contributed by atoms with Gasteiger partial charge in [-0.1, -0.05) is 32.1 Å². The van der Waals surface area contributed by atoms with Crippen LogP contribution in [0.3, 0.4) is 0 Å². The summed E-state index contributed by atoms with van der Waals surface area (Å²) in [7, 11) is 0. The van der Waals surface area contributed by atoms with Gasteiger partial charge in [-0.15, -0.1) is 12.4 Å². The minimum Gasteiger partial charge on any atom is -0.467 e. The highest BCUT2D eigenvalue weighted by Gasteiger charge is 2.13. The van der Waals surface area contributed by atoms with Crippen molar-refractivity contribution in [2.45, 2.75) is 51.5 Å². The maximum Gasteiger partial charge on any atom is 0.254 e. The number of carbonyl (C=O) groups excluding carboxylic acids is 1. The molecule has 1 saturated carbocycles. The van der Waals surface area contributed by atoms with Gasteiger partial charge < -0.3 is 15.5 Å². The number of hydrogen-bond acceptors (Lipinski definition) is 3. The van der Waals surface area contributed by atoms with Crippen LogP contribution in [-0.4, -0.2) is 12.5 Å². The third-order valence-electron chi connectivity index (χ3n) is 3.92. The molecule has 1 amide bonds. The normalized spacial score (nSPS) is 15.7. The van der Waals surface area contributed by atoms with Crippen LogP contribution in [0.1, 0.15) is 61.1 Å². The number of halogens is 1. The fourth-order valence-corrected chi connectivity index (χ4v) is 2.78. The predicted octanol–water partition coefficient (Wildman–Crippen LogP) is 3.25. The zero-order valence-corrected chi connectivity index (χ0v) is 12.7. The summed E-state index contributed by atoms with van der Waals surface area (Å²) in [6.45, 7) is 1.08. The lowest BCUT2D eigenvalue weighted by Crippen LogP contribution is -2.24. The van der Waals surface area contributed by atoms with Crippen LogP contribution in [-0.2, 0) is 6.54 Å². The van der Waals surface area contributed by atoms with Gasteiger partial charge in [-0.25, -0.2) is 0 Å². The minimum absolute atomic E-state index is 0. The van der Waals surface area contributed by atoms with Crippen molar-refractivity contribution in [1.29, 1.82) is 0 Å². The Balaban J connectivity index is 0.00000200. The third kappa shape index (κ3) is 5.17. The van der Waals surface area contributed by atoms with Gasteiger partial charge in [0.25, 0.3) is 5.91 Å². The SMILES string of the molecule is Cl.NCc1cc(C(=O)NCCCC2CCCCC2)co1. The molecular weight excluding hydrogens is 276 g/mol. The van der Waals surface area contributed by atoms with Crippen LogP contribution < -0.4 is 11.1 Å². The van der Waals surface area contributed by atoms with E-state index in [-0.39, 0.29) is 18.3 Å². The van der Waals surface area contributed by atoms with E-state index in [4.69, 9.17) is 10.2 Å². The fourth-order valence-electron chi connectivity index (χ4n) is 2.78. The highest BCUT2D eigenvalue weighted by atomic mass is 35.5. The molecule has 0 saturated heterocycles. The second-order valence-corrected chi connectivity index (χ2v) is 5.41. The summed E-state index contributed by atoms with van der Waals surface area (Å²) in [5, 5.41) is 2.94. The second kappa shape index (κ2) is 9.03. The van der Waals surface area contributed by atoms with E-state index in [1.54, 1.807) is 6.07 Å². The summed E-state index contributed by atoms with van der Waals surface area (Å²) in [5.74, 6) is 1.46. The zero-order chi connectivity index (χ0) is 13.5. The first-order valence-corrected chi connectivity index (χ1v) is 7.35. The van der Waals surface area contributed by atoms with E-state index in [1.165, 1.54) is 44.8 Å². The molecule has 20 heavy (non-hydrogen) atoms. The molecule has 1 aromatic heterocycles. The number of nitrogens with one attached hydrogen (secondary N) is 1. The molecular formula is C15H25ClN2O2. The van der Waals surface area contributed by atoms with Crippen LogP contribution in [0.4, 0.5) is 0 Å². The number of furan rings is 1. The Morgan fingerprint density at radius 1 is 1.35 bits per heavy atom. The fraction of sp³-hybridized carbons (Fsp3) is 0.667. The summed E-state index contributed by atoms with van der Waals surface area (Å²) in [6.07, 6.45) is 10.7. The lowest BCUT2D eigenvalue weighted by Gasteiger charge is -2.21. The summed E-state index contributed by atoms with van der Waals surface area (Å²) < 4.78 is 5.15. The van der Waals surface area contributed by atoms with Crippen molar-refractivity contribution in [2.24, 2.45) is 11.7 Å². The number of hydrogen-bond donors (Lipinski definition) is 2. The van der Waals surface area contributed by atoms with Crippen molar-refractivity contribution >= 4 is 18.3 Å². The molecule has 1 aromatic rings. The Kier molecular flexibility index (Phi) is 7.70. The molecule has 1 aliphatic carbocycles. The standard InChI is InChI=1S/C15H24N2O2.ClH/c16-10-14-9-13(11-19-14)15(18)17-8-4-7-12-5-2-1-3-6-12;/h9,11-12H,1-8,10,16H2,(H,17,18);1H. The van der Waals surface area contributed by atoms with Crippen molar-refractivity contribution in [3.8, 4) is 0 Å². The first-order valence-electron chi connectivity index (χ1n) is 7.35. The van der Waals surface area contributed by atoms with Crippen LogP contribution in [0.5, 0.6) is 0 Å². The minimum atomic E-state index is -0.0629. The highest BCUT2D eigenvalue weighted by molar-refractivity contribution is 5.93. The molecule has 0 atom stereocenters. The predicted molar refractivity (Wildman–Crippen MR) is 82.0 cm³/mol. The largest absolute Gasteiger partial charge is 0.467 e. The van der Waals surface area contributed by atoms with Crippen LogP contribution in [0, 0.1) is 5.92 Å². The van der Waals surface area contributed by atoms with Gasteiger partial charge in [0.05, 0.1) is 12.1 Å². The lowest BCUT2D eigenvalue weighted by molar-refractivity contribution is 0.0951. The molecule has 114 valence electrons.